The molecule has 26 heavy (non-hydrogen) atoms. The molecule has 0 spiro atoms. The van der Waals surface area contributed by atoms with Crippen LogP contribution in [0.3, 0.4) is 0 Å². The van der Waals surface area contributed by atoms with Crippen molar-refractivity contribution in [3.05, 3.63) is 71.3 Å². The molecule has 3 atom stereocenters. The number of carbonyl (C=O) groups excluding carboxylic acids is 1. The van der Waals surface area contributed by atoms with Crippen molar-refractivity contribution in [1.29, 1.82) is 5.26 Å². The second-order valence-electron chi connectivity index (χ2n) is 7.41. The molecule has 2 aliphatic rings. The van der Waals surface area contributed by atoms with Gasteiger partial charge in [-0.05, 0) is 23.1 Å². The zero-order chi connectivity index (χ0) is 18.1. The maximum Gasteiger partial charge on any atom is 0.219 e. The molecule has 2 saturated heterocycles. The van der Waals surface area contributed by atoms with Gasteiger partial charge in [-0.3, -0.25) is 9.69 Å². The van der Waals surface area contributed by atoms with E-state index in [-0.39, 0.29) is 11.9 Å². The number of likely N-dealkylation sites (tertiary alicyclic amines) is 2. The van der Waals surface area contributed by atoms with Crippen molar-refractivity contribution in [1.82, 2.24) is 9.80 Å². The molecule has 1 amide bonds. The summed E-state index contributed by atoms with van der Waals surface area (Å²) in [5.74, 6) is 1.11. The zero-order valence-corrected chi connectivity index (χ0v) is 15.0. The highest BCUT2D eigenvalue weighted by Crippen LogP contribution is 2.45. The van der Waals surface area contributed by atoms with E-state index in [9.17, 15) is 10.1 Å². The largest absolute Gasteiger partial charge is 0.335 e. The van der Waals surface area contributed by atoms with E-state index in [1.165, 1.54) is 5.56 Å². The van der Waals surface area contributed by atoms with E-state index in [0.717, 1.165) is 37.3 Å². The molecule has 0 aliphatic carbocycles. The molecule has 2 aliphatic heterocycles. The van der Waals surface area contributed by atoms with Crippen molar-refractivity contribution >= 4 is 5.91 Å². The Kier molecular flexibility index (Phi) is 4.48. The number of benzene rings is 2. The lowest BCUT2D eigenvalue weighted by atomic mass is 9.89. The minimum Gasteiger partial charge on any atom is -0.335 e. The third-order valence-electron chi connectivity index (χ3n) is 5.82. The summed E-state index contributed by atoms with van der Waals surface area (Å²) in [6.07, 6.45) is 0. The number of carbonyl (C=O) groups is 1. The molecule has 0 saturated carbocycles. The molecule has 0 bridgehead atoms. The van der Waals surface area contributed by atoms with E-state index >= 15 is 0 Å². The minimum atomic E-state index is 0.162. The summed E-state index contributed by atoms with van der Waals surface area (Å²) in [4.78, 5) is 16.7. The molecule has 4 nitrogen and oxygen atoms in total. The van der Waals surface area contributed by atoms with Crippen LogP contribution in [0.4, 0.5) is 0 Å². The molecular weight excluding hydrogens is 322 g/mol. The van der Waals surface area contributed by atoms with Crippen LogP contribution in [0.5, 0.6) is 0 Å². The van der Waals surface area contributed by atoms with Gasteiger partial charge in [-0.2, -0.15) is 5.26 Å². The molecule has 0 aromatic heterocycles. The summed E-state index contributed by atoms with van der Waals surface area (Å²) in [7, 11) is 0. The Morgan fingerprint density at radius 1 is 1.08 bits per heavy atom. The van der Waals surface area contributed by atoms with Gasteiger partial charge in [-0.1, -0.05) is 48.5 Å². The summed E-state index contributed by atoms with van der Waals surface area (Å²) in [5.41, 5.74) is 3.08. The fourth-order valence-corrected chi connectivity index (χ4v) is 4.68. The summed E-state index contributed by atoms with van der Waals surface area (Å²) < 4.78 is 0. The zero-order valence-electron chi connectivity index (χ0n) is 15.0. The van der Waals surface area contributed by atoms with Crippen LogP contribution in [-0.2, 0) is 11.3 Å². The Labute approximate surface area is 154 Å². The second-order valence-corrected chi connectivity index (χ2v) is 7.41. The number of nitrogens with zero attached hydrogens (tertiary/aromatic N) is 3. The molecule has 2 heterocycles. The van der Waals surface area contributed by atoms with Gasteiger partial charge in [0.25, 0.3) is 0 Å². The van der Waals surface area contributed by atoms with Gasteiger partial charge in [0.05, 0.1) is 17.7 Å². The van der Waals surface area contributed by atoms with E-state index in [4.69, 9.17) is 0 Å². The molecule has 2 aromatic rings. The molecule has 4 rings (SSSR count). The van der Waals surface area contributed by atoms with Crippen molar-refractivity contribution in [3.63, 3.8) is 0 Å². The highest BCUT2D eigenvalue weighted by molar-refractivity contribution is 5.74. The van der Waals surface area contributed by atoms with E-state index in [0.29, 0.717) is 11.8 Å². The van der Waals surface area contributed by atoms with Gasteiger partial charge in [0, 0.05) is 39.0 Å². The molecule has 0 unspecified atom stereocenters. The topological polar surface area (TPSA) is 47.3 Å². The average molecular weight is 345 g/mol. The quantitative estimate of drug-likeness (QED) is 0.858. The first-order valence-corrected chi connectivity index (χ1v) is 9.20. The summed E-state index contributed by atoms with van der Waals surface area (Å²) in [6.45, 7) is 5.26. The lowest BCUT2D eigenvalue weighted by molar-refractivity contribution is -0.130. The maximum atomic E-state index is 12.2. The Morgan fingerprint density at radius 2 is 1.81 bits per heavy atom. The lowest BCUT2D eigenvalue weighted by Gasteiger charge is -2.29. The maximum absolute atomic E-state index is 12.2. The first-order chi connectivity index (χ1) is 12.7. The first kappa shape index (κ1) is 16.8. The van der Waals surface area contributed by atoms with Crippen molar-refractivity contribution in [3.8, 4) is 6.07 Å². The Balaban J connectivity index is 1.55. The Morgan fingerprint density at radius 3 is 2.54 bits per heavy atom. The van der Waals surface area contributed by atoms with E-state index in [1.807, 2.05) is 35.2 Å². The molecule has 0 N–H and O–H groups in total. The van der Waals surface area contributed by atoms with Crippen LogP contribution in [0.2, 0.25) is 0 Å². The average Bonchev–Trinajstić information content (AvgIpc) is 3.20. The summed E-state index contributed by atoms with van der Waals surface area (Å²) in [5, 5.41) is 9.33. The van der Waals surface area contributed by atoms with Crippen LogP contribution >= 0.6 is 0 Å². The van der Waals surface area contributed by atoms with Crippen LogP contribution < -0.4 is 0 Å². The fraction of sp³-hybridized carbons (Fsp3) is 0.364. The van der Waals surface area contributed by atoms with Crippen molar-refractivity contribution in [2.75, 3.05) is 19.6 Å². The second kappa shape index (κ2) is 6.93. The lowest BCUT2D eigenvalue weighted by Crippen LogP contribution is -2.34. The number of rotatable bonds is 3. The molecular formula is C22H23N3O. The van der Waals surface area contributed by atoms with Gasteiger partial charge >= 0.3 is 0 Å². The van der Waals surface area contributed by atoms with Crippen LogP contribution in [0.15, 0.2) is 54.6 Å². The number of fused-ring (bicyclic) bond motifs is 1. The molecule has 2 fully saturated rings. The van der Waals surface area contributed by atoms with Gasteiger partial charge < -0.3 is 4.90 Å². The summed E-state index contributed by atoms with van der Waals surface area (Å²) in [6, 6.07) is 20.7. The van der Waals surface area contributed by atoms with Crippen LogP contribution in [-0.4, -0.2) is 35.3 Å². The van der Waals surface area contributed by atoms with E-state index in [1.54, 1.807) is 6.92 Å². The molecule has 2 aromatic carbocycles. The minimum absolute atomic E-state index is 0.162. The SMILES string of the molecule is CC(=O)N1C[C@H]2CN(Cc3ccccc3C#N)C[C@H]2[C@H]1c1ccccc1. The fourth-order valence-electron chi connectivity index (χ4n) is 4.68. The van der Waals surface area contributed by atoms with E-state index < -0.39 is 0 Å². The van der Waals surface area contributed by atoms with Crippen LogP contribution in [0.25, 0.3) is 0 Å². The van der Waals surface area contributed by atoms with Gasteiger partial charge in [0.2, 0.25) is 5.91 Å². The summed E-state index contributed by atoms with van der Waals surface area (Å²) >= 11 is 0. The molecule has 0 radical (unpaired) electrons. The monoisotopic (exact) mass is 345 g/mol. The third-order valence-corrected chi connectivity index (χ3v) is 5.82. The number of nitriles is 1. The number of hydrogen-bond acceptors (Lipinski definition) is 3. The van der Waals surface area contributed by atoms with Crippen LogP contribution in [0.1, 0.15) is 29.7 Å². The van der Waals surface area contributed by atoms with Crippen LogP contribution in [0, 0.1) is 23.2 Å². The number of amides is 1. The predicted molar refractivity (Wildman–Crippen MR) is 100.0 cm³/mol. The number of hydrogen-bond donors (Lipinski definition) is 0. The smallest absolute Gasteiger partial charge is 0.219 e. The van der Waals surface area contributed by atoms with Crippen molar-refractivity contribution in [2.45, 2.75) is 19.5 Å². The Bertz CT molecular complexity index is 842. The standard InChI is InChI=1S/C22H23N3O/c1-16(26)25-14-20-13-24(12-19-10-6-5-9-18(19)11-23)15-21(20)22(25)17-7-3-2-4-8-17/h2-10,20-22H,12-15H2,1H3/t20-,21-,22-/m1/s1. The van der Waals surface area contributed by atoms with E-state index in [2.05, 4.69) is 35.2 Å². The van der Waals surface area contributed by atoms with Gasteiger partial charge in [0.1, 0.15) is 0 Å². The highest BCUT2D eigenvalue weighted by atomic mass is 16.2. The Hall–Kier alpha value is -2.64. The predicted octanol–water partition coefficient (Wildman–Crippen LogP) is 3.21. The molecule has 132 valence electrons. The van der Waals surface area contributed by atoms with Gasteiger partial charge in [0.15, 0.2) is 0 Å². The molecule has 4 heteroatoms. The third kappa shape index (κ3) is 3.00. The highest BCUT2D eigenvalue weighted by Gasteiger charge is 2.48. The van der Waals surface area contributed by atoms with Gasteiger partial charge in [-0.25, -0.2) is 0 Å². The first-order valence-electron chi connectivity index (χ1n) is 9.20. The normalized spacial score (nSPS) is 25.1. The van der Waals surface area contributed by atoms with Crippen molar-refractivity contribution < 1.29 is 4.79 Å². The van der Waals surface area contributed by atoms with Gasteiger partial charge in [-0.15, -0.1) is 0 Å². The van der Waals surface area contributed by atoms with Crippen molar-refractivity contribution in [2.24, 2.45) is 11.8 Å².